The normalized spacial score (nSPS) is 14.2. The lowest BCUT2D eigenvalue weighted by molar-refractivity contribution is -0.136. The third kappa shape index (κ3) is 4.33. The zero-order valence-electron chi connectivity index (χ0n) is 8.46. The summed E-state index contributed by atoms with van der Waals surface area (Å²) in [4.78, 5) is 3.97. The van der Waals surface area contributed by atoms with E-state index >= 15 is 0 Å². The third-order valence-corrected chi connectivity index (χ3v) is 1.94. The molecule has 0 aliphatic rings. The van der Waals surface area contributed by atoms with Gasteiger partial charge in [0.15, 0.2) is 0 Å². The Morgan fingerprint density at radius 2 is 2.20 bits per heavy atom. The minimum atomic E-state index is -4.13. The van der Waals surface area contributed by atoms with Crippen LogP contribution in [-0.2, 0) is 13.0 Å². The first-order valence-corrected chi connectivity index (χ1v) is 4.71. The Balaban J connectivity index is 2.57. The van der Waals surface area contributed by atoms with Crippen molar-refractivity contribution < 1.29 is 13.2 Å². The molecular weight excluding hydrogens is 207 g/mol. The standard InChI is InChI=1S/C9H14F3N3/c1-7(13)6-8-14-3-5-15(8)4-2-9(10,11)12/h3,5,7H,2,4,6,13H2,1H3. The molecule has 86 valence electrons. The predicted molar refractivity (Wildman–Crippen MR) is 50.3 cm³/mol. The maximum atomic E-state index is 12.0. The highest BCUT2D eigenvalue weighted by Gasteiger charge is 2.26. The molecule has 0 fully saturated rings. The molecule has 3 nitrogen and oxygen atoms in total. The molecule has 0 aliphatic heterocycles. The molecule has 1 heterocycles. The highest BCUT2D eigenvalue weighted by Crippen LogP contribution is 2.20. The van der Waals surface area contributed by atoms with Crippen molar-refractivity contribution in [2.75, 3.05) is 0 Å². The Kier molecular flexibility index (Phi) is 3.73. The van der Waals surface area contributed by atoms with Gasteiger partial charge in [-0.3, -0.25) is 0 Å². The number of hydrogen-bond acceptors (Lipinski definition) is 2. The first-order chi connectivity index (χ1) is 6.88. The van der Waals surface area contributed by atoms with Crippen LogP contribution in [0.2, 0.25) is 0 Å². The Hall–Kier alpha value is -1.04. The van der Waals surface area contributed by atoms with Crippen LogP contribution in [0.4, 0.5) is 13.2 Å². The van der Waals surface area contributed by atoms with Crippen molar-refractivity contribution >= 4 is 0 Å². The molecule has 15 heavy (non-hydrogen) atoms. The Bertz CT molecular complexity index is 304. The second kappa shape index (κ2) is 4.65. The van der Waals surface area contributed by atoms with Crippen molar-refractivity contribution in [3.63, 3.8) is 0 Å². The highest BCUT2D eigenvalue weighted by molar-refractivity contribution is 4.94. The van der Waals surface area contributed by atoms with E-state index in [0.717, 1.165) is 0 Å². The molecule has 6 heteroatoms. The molecule has 0 amide bonds. The van der Waals surface area contributed by atoms with Crippen molar-refractivity contribution in [1.29, 1.82) is 0 Å². The fraction of sp³-hybridized carbons (Fsp3) is 0.667. The number of aromatic nitrogens is 2. The summed E-state index contributed by atoms with van der Waals surface area (Å²) in [6.07, 6.45) is -1.44. The van der Waals surface area contributed by atoms with Crippen LogP contribution in [-0.4, -0.2) is 21.8 Å². The fourth-order valence-electron chi connectivity index (χ4n) is 1.27. The molecule has 0 radical (unpaired) electrons. The van der Waals surface area contributed by atoms with E-state index in [1.165, 1.54) is 10.8 Å². The topological polar surface area (TPSA) is 43.8 Å². The van der Waals surface area contributed by atoms with Gasteiger partial charge in [0.2, 0.25) is 0 Å². The molecule has 0 aromatic carbocycles. The Labute approximate surface area is 86.1 Å². The second-order valence-corrected chi connectivity index (χ2v) is 3.58. The molecule has 2 N–H and O–H groups in total. The van der Waals surface area contributed by atoms with Gasteiger partial charge in [0.1, 0.15) is 5.82 Å². The van der Waals surface area contributed by atoms with Crippen LogP contribution in [0.25, 0.3) is 0 Å². The van der Waals surface area contributed by atoms with E-state index in [9.17, 15) is 13.2 Å². The number of alkyl halides is 3. The molecule has 1 rings (SSSR count). The molecule has 1 aromatic rings. The van der Waals surface area contributed by atoms with E-state index in [0.29, 0.717) is 12.2 Å². The van der Waals surface area contributed by atoms with Gasteiger partial charge in [-0.1, -0.05) is 0 Å². The van der Waals surface area contributed by atoms with Gasteiger partial charge in [-0.05, 0) is 6.92 Å². The number of hydrogen-bond donors (Lipinski definition) is 1. The van der Waals surface area contributed by atoms with Crippen LogP contribution in [0.3, 0.4) is 0 Å². The number of nitrogens with two attached hydrogens (primary N) is 1. The monoisotopic (exact) mass is 221 g/mol. The van der Waals surface area contributed by atoms with Crippen molar-refractivity contribution in [2.24, 2.45) is 5.73 Å². The number of aryl methyl sites for hydroxylation is 1. The van der Waals surface area contributed by atoms with E-state index in [1.807, 2.05) is 0 Å². The molecule has 1 aromatic heterocycles. The number of nitrogens with zero attached hydrogens (tertiary/aromatic N) is 2. The number of imidazole rings is 1. The average Bonchev–Trinajstić information content (AvgIpc) is 2.46. The minimum absolute atomic E-state index is 0.0917. The van der Waals surface area contributed by atoms with Crippen LogP contribution in [0.1, 0.15) is 19.2 Å². The van der Waals surface area contributed by atoms with Gasteiger partial charge in [-0.15, -0.1) is 0 Å². The summed E-state index contributed by atoms with van der Waals surface area (Å²) in [6.45, 7) is 1.70. The zero-order valence-corrected chi connectivity index (χ0v) is 8.46. The quantitative estimate of drug-likeness (QED) is 0.841. The molecule has 0 aliphatic carbocycles. The lowest BCUT2D eigenvalue weighted by Crippen LogP contribution is -2.21. The molecule has 0 saturated carbocycles. The largest absolute Gasteiger partial charge is 0.390 e. The summed E-state index contributed by atoms with van der Waals surface area (Å²) >= 11 is 0. The fourth-order valence-corrected chi connectivity index (χ4v) is 1.27. The van der Waals surface area contributed by atoms with Crippen LogP contribution in [0, 0.1) is 0 Å². The lowest BCUT2D eigenvalue weighted by atomic mass is 10.2. The van der Waals surface area contributed by atoms with E-state index in [4.69, 9.17) is 5.73 Å². The van der Waals surface area contributed by atoms with Gasteiger partial charge < -0.3 is 10.3 Å². The third-order valence-electron chi connectivity index (χ3n) is 1.94. The zero-order chi connectivity index (χ0) is 11.5. The van der Waals surface area contributed by atoms with E-state index < -0.39 is 12.6 Å². The van der Waals surface area contributed by atoms with Gasteiger partial charge in [0.05, 0.1) is 6.42 Å². The molecule has 0 bridgehead atoms. The van der Waals surface area contributed by atoms with E-state index in [2.05, 4.69) is 4.98 Å². The van der Waals surface area contributed by atoms with Crippen LogP contribution >= 0.6 is 0 Å². The van der Waals surface area contributed by atoms with Crippen molar-refractivity contribution in [2.45, 2.75) is 38.5 Å². The number of rotatable bonds is 4. The maximum Gasteiger partial charge on any atom is 0.390 e. The van der Waals surface area contributed by atoms with Crippen LogP contribution in [0.15, 0.2) is 12.4 Å². The Morgan fingerprint density at radius 3 is 2.73 bits per heavy atom. The summed E-state index contributed by atoms with van der Waals surface area (Å²) < 4.78 is 37.4. The van der Waals surface area contributed by atoms with Gasteiger partial charge >= 0.3 is 6.18 Å². The molecule has 0 spiro atoms. The van der Waals surface area contributed by atoms with Crippen molar-refractivity contribution in [1.82, 2.24) is 9.55 Å². The van der Waals surface area contributed by atoms with Gasteiger partial charge in [0.25, 0.3) is 0 Å². The summed E-state index contributed by atoms with van der Waals surface area (Å²) in [7, 11) is 0. The van der Waals surface area contributed by atoms with Gasteiger partial charge in [0, 0.05) is 31.4 Å². The summed E-state index contributed by atoms with van der Waals surface area (Å²) in [6, 6.07) is -0.1000. The first-order valence-electron chi connectivity index (χ1n) is 4.71. The van der Waals surface area contributed by atoms with Crippen LogP contribution < -0.4 is 5.73 Å². The first kappa shape index (κ1) is 12.0. The predicted octanol–water partition coefficient (Wildman–Crippen LogP) is 1.73. The smallest absolute Gasteiger partial charge is 0.335 e. The molecule has 0 saturated heterocycles. The molecular formula is C9H14F3N3. The second-order valence-electron chi connectivity index (χ2n) is 3.58. The molecule has 1 atom stereocenters. The Morgan fingerprint density at radius 1 is 1.53 bits per heavy atom. The van der Waals surface area contributed by atoms with Gasteiger partial charge in [-0.2, -0.15) is 13.2 Å². The SMILES string of the molecule is CC(N)Cc1nccn1CCC(F)(F)F. The summed E-state index contributed by atoms with van der Waals surface area (Å²) in [5.41, 5.74) is 5.56. The number of halogens is 3. The summed E-state index contributed by atoms with van der Waals surface area (Å²) in [5, 5.41) is 0. The lowest BCUT2D eigenvalue weighted by Gasteiger charge is -2.11. The molecule has 1 unspecified atom stereocenters. The van der Waals surface area contributed by atoms with Crippen LogP contribution in [0.5, 0.6) is 0 Å². The van der Waals surface area contributed by atoms with Crippen molar-refractivity contribution in [3.05, 3.63) is 18.2 Å². The van der Waals surface area contributed by atoms with E-state index in [-0.39, 0.29) is 12.6 Å². The van der Waals surface area contributed by atoms with Gasteiger partial charge in [-0.25, -0.2) is 4.98 Å². The maximum absolute atomic E-state index is 12.0. The summed E-state index contributed by atoms with van der Waals surface area (Å²) in [5.74, 6) is 0.606. The van der Waals surface area contributed by atoms with E-state index in [1.54, 1.807) is 13.1 Å². The highest BCUT2D eigenvalue weighted by atomic mass is 19.4. The average molecular weight is 221 g/mol. The minimum Gasteiger partial charge on any atom is -0.335 e. The van der Waals surface area contributed by atoms with Crippen molar-refractivity contribution in [3.8, 4) is 0 Å².